The van der Waals surface area contributed by atoms with Gasteiger partial charge in [-0.25, -0.2) is 0 Å². The van der Waals surface area contributed by atoms with Gasteiger partial charge < -0.3 is 14.8 Å². The first-order valence-corrected chi connectivity index (χ1v) is 5.17. The van der Waals surface area contributed by atoms with Crippen LogP contribution in [0.25, 0.3) is 0 Å². The molecule has 0 aliphatic rings. The van der Waals surface area contributed by atoms with Gasteiger partial charge >= 0.3 is 0 Å². The van der Waals surface area contributed by atoms with E-state index in [0.717, 1.165) is 6.54 Å². The van der Waals surface area contributed by atoms with Gasteiger partial charge in [-0.3, -0.25) is 0 Å². The highest BCUT2D eigenvalue weighted by atomic mass is 16.5. The molecule has 1 atom stereocenters. The lowest BCUT2D eigenvalue weighted by Crippen LogP contribution is -2.26. The number of pyridine rings is 1. The van der Waals surface area contributed by atoms with Gasteiger partial charge in [0.25, 0.3) is 0 Å². The van der Waals surface area contributed by atoms with Crippen LogP contribution < -0.4 is 14.8 Å². The minimum atomic E-state index is 0.0966. The van der Waals surface area contributed by atoms with Crippen molar-refractivity contribution in [3.05, 3.63) is 18.2 Å². The molecule has 0 aliphatic heterocycles. The van der Waals surface area contributed by atoms with Crippen LogP contribution in [0, 0.1) is 0 Å². The van der Waals surface area contributed by atoms with Crippen molar-refractivity contribution in [3.63, 3.8) is 0 Å². The molecule has 1 heterocycles. The van der Waals surface area contributed by atoms with E-state index in [-0.39, 0.29) is 6.10 Å². The van der Waals surface area contributed by atoms with Crippen molar-refractivity contribution in [1.82, 2.24) is 10.3 Å². The fraction of sp³-hybridized carbons (Fsp3) is 0.545. The van der Waals surface area contributed by atoms with Crippen LogP contribution in [0.5, 0.6) is 11.8 Å². The van der Waals surface area contributed by atoms with Crippen LogP contribution in [-0.4, -0.2) is 31.3 Å². The Labute approximate surface area is 90.6 Å². The average molecular weight is 210 g/mol. The van der Waals surface area contributed by atoms with Gasteiger partial charge in [0.15, 0.2) is 0 Å². The van der Waals surface area contributed by atoms with Crippen LogP contribution in [0.4, 0.5) is 0 Å². The molecule has 1 aromatic rings. The van der Waals surface area contributed by atoms with E-state index in [1.165, 1.54) is 0 Å². The van der Waals surface area contributed by atoms with Crippen molar-refractivity contribution in [2.24, 2.45) is 0 Å². The Bertz CT molecular complexity index is 292. The maximum absolute atomic E-state index is 5.59. The first kappa shape index (κ1) is 11.8. The topological polar surface area (TPSA) is 43.4 Å². The third-order valence-electron chi connectivity index (χ3n) is 1.80. The Kier molecular flexibility index (Phi) is 4.90. The Morgan fingerprint density at radius 2 is 2.13 bits per heavy atom. The lowest BCUT2D eigenvalue weighted by molar-refractivity contribution is 0.208. The van der Waals surface area contributed by atoms with E-state index < -0.39 is 0 Å². The van der Waals surface area contributed by atoms with Gasteiger partial charge in [0.05, 0.1) is 6.61 Å². The minimum absolute atomic E-state index is 0.0966. The van der Waals surface area contributed by atoms with E-state index in [1.54, 1.807) is 0 Å². The summed E-state index contributed by atoms with van der Waals surface area (Å²) in [6.07, 6.45) is 0.0966. The van der Waals surface area contributed by atoms with Gasteiger partial charge in [-0.15, -0.1) is 0 Å². The fourth-order valence-electron chi connectivity index (χ4n) is 1.23. The standard InChI is InChI=1S/C11H18N2O2/c1-4-14-10-6-5-7-11(13-10)15-9(2)8-12-3/h5-7,9,12H,4,8H2,1-3H3. The van der Waals surface area contributed by atoms with E-state index in [4.69, 9.17) is 9.47 Å². The fourth-order valence-corrected chi connectivity index (χ4v) is 1.23. The number of nitrogens with one attached hydrogen (secondary N) is 1. The molecule has 4 heteroatoms. The second-order valence-electron chi connectivity index (χ2n) is 3.23. The predicted molar refractivity (Wildman–Crippen MR) is 59.4 cm³/mol. The van der Waals surface area contributed by atoms with E-state index >= 15 is 0 Å². The molecule has 84 valence electrons. The van der Waals surface area contributed by atoms with E-state index in [9.17, 15) is 0 Å². The maximum Gasteiger partial charge on any atom is 0.216 e. The normalized spacial score (nSPS) is 12.2. The summed E-state index contributed by atoms with van der Waals surface area (Å²) in [6, 6.07) is 5.52. The van der Waals surface area contributed by atoms with Crippen LogP contribution in [0.1, 0.15) is 13.8 Å². The predicted octanol–water partition coefficient (Wildman–Crippen LogP) is 1.47. The number of aromatic nitrogens is 1. The number of ether oxygens (including phenoxy) is 2. The zero-order valence-corrected chi connectivity index (χ0v) is 9.49. The second-order valence-corrected chi connectivity index (χ2v) is 3.23. The highest BCUT2D eigenvalue weighted by molar-refractivity contribution is 5.19. The van der Waals surface area contributed by atoms with Crippen LogP contribution in [0.15, 0.2) is 18.2 Å². The van der Waals surface area contributed by atoms with Gasteiger partial charge in [-0.05, 0) is 20.9 Å². The molecular formula is C11H18N2O2. The molecule has 1 aromatic heterocycles. The molecule has 0 radical (unpaired) electrons. The monoisotopic (exact) mass is 210 g/mol. The van der Waals surface area contributed by atoms with Gasteiger partial charge in [-0.1, -0.05) is 6.07 Å². The number of nitrogens with zero attached hydrogens (tertiary/aromatic N) is 1. The molecule has 0 fully saturated rings. The third-order valence-corrected chi connectivity index (χ3v) is 1.80. The van der Waals surface area contributed by atoms with Crippen molar-refractivity contribution in [2.45, 2.75) is 20.0 Å². The number of hydrogen-bond acceptors (Lipinski definition) is 4. The van der Waals surface area contributed by atoms with E-state index in [1.807, 2.05) is 39.1 Å². The molecule has 0 saturated heterocycles. The highest BCUT2D eigenvalue weighted by Crippen LogP contribution is 2.14. The molecule has 0 aliphatic carbocycles. The molecule has 1 rings (SSSR count). The second kappa shape index (κ2) is 6.24. The van der Waals surface area contributed by atoms with Gasteiger partial charge in [0.1, 0.15) is 6.10 Å². The van der Waals surface area contributed by atoms with E-state index in [2.05, 4.69) is 10.3 Å². The molecule has 15 heavy (non-hydrogen) atoms. The Morgan fingerprint density at radius 1 is 1.40 bits per heavy atom. The summed E-state index contributed by atoms with van der Waals surface area (Å²) in [6.45, 7) is 5.33. The van der Waals surface area contributed by atoms with Crippen molar-refractivity contribution < 1.29 is 9.47 Å². The van der Waals surface area contributed by atoms with Crippen LogP contribution >= 0.6 is 0 Å². The van der Waals surface area contributed by atoms with Gasteiger partial charge in [-0.2, -0.15) is 4.98 Å². The zero-order chi connectivity index (χ0) is 11.1. The van der Waals surface area contributed by atoms with Crippen molar-refractivity contribution in [3.8, 4) is 11.8 Å². The van der Waals surface area contributed by atoms with Crippen molar-refractivity contribution >= 4 is 0 Å². The summed E-state index contributed by atoms with van der Waals surface area (Å²) in [4.78, 5) is 4.21. The Morgan fingerprint density at radius 3 is 2.80 bits per heavy atom. The average Bonchev–Trinajstić information content (AvgIpc) is 2.19. The SMILES string of the molecule is CCOc1cccc(OC(C)CNC)n1. The van der Waals surface area contributed by atoms with Gasteiger partial charge in [0, 0.05) is 18.7 Å². The molecule has 0 aromatic carbocycles. The van der Waals surface area contributed by atoms with Gasteiger partial charge in [0.2, 0.25) is 11.8 Å². The summed E-state index contributed by atoms with van der Waals surface area (Å²) >= 11 is 0. The molecule has 0 saturated carbocycles. The first-order chi connectivity index (χ1) is 7.26. The molecule has 1 N–H and O–H groups in total. The minimum Gasteiger partial charge on any atom is -0.478 e. The third kappa shape index (κ3) is 4.16. The largest absolute Gasteiger partial charge is 0.478 e. The summed E-state index contributed by atoms with van der Waals surface area (Å²) in [7, 11) is 1.89. The van der Waals surface area contributed by atoms with E-state index in [0.29, 0.717) is 18.4 Å². The molecule has 1 unspecified atom stereocenters. The summed E-state index contributed by atoms with van der Waals surface area (Å²) in [5.41, 5.74) is 0. The molecule has 0 amide bonds. The summed E-state index contributed by atoms with van der Waals surface area (Å²) in [5.74, 6) is 1.20. The lowest BCUT2D eigenvalue weighted by atomic mass is 10.4. The molecule has 0 spiro atoms. The van der Waals surface area contributed by atoms with Crippen molar-refractivity contribution in [1.29, 1.82) is 0 Å². The van der Waals surface area contributed by atoms with Crippen LogP contribution in [0.2, 0.25) is 0 Å². The Hall–Kier alpha value is -1.29. The quantitative estimate of drug-likeness (QED) is 0.772. The van der Waals surface area contributed by atoms with Crippen molar-refractivity contribution in [2.75, 3.05) is 20.2 Å². The number of hydrogen-bond donors (Lipinski definition) is 1. The summed E-state index contributed by atoms with van der Waals surface area (Å²) in [5, 5.41) is 3.04. The highest BCUT2D eigenvalue weighted by Gasteiger charge is 2.04. The molecule has 4 nitrogen and oxygen atoms in total. The number of likely N-dealkylation sites (N-methyl/N-ethyl adjacent to an activating group) is 1. The maximum atomic E-state index is 5.59. The zero-order valence-electron chi connectivity index (χ0n) is 9.49. The lowest BCUT2D eigenvalue weighted by Gasteiger charge is -2.13. The first-order valence-electron chi connectivity index (χ1n) is 5.17. The number of rotatable bonds is 6. The molecule has 0 bridgehead atoms. The molecular weight excluding hydrogens is 192 g/mol. The summed E-state index contributed by atoms with van der Waals surface area (Å²) < 4.78 is 10.9. The van der Waals surface area contributed by atoms with Crippen LogP contribution in [-0.2, 0) is 0 Å². The van der Waals surface area contributed by atoms with Crippen LogP contribution in [0.3, 0.4) is 0 Å². The smallest absolute Gasteiger partial charge is 0.216 e. The Balaban J connectivity index is 2.56.